The molecule has 3 heterocycles. The van der Waals surface area contributed by atoms with E-state index < -0.39 is 0 Å². The summed E-state index contributed by atoms with van der Waals surface area (Å²) in [5, 5.41) is 23.3. The molecule has 1 aliphatic heterocycles. The second-order valence-electron chi connectivity index (χ2n) is 5.80. The molecule has 0 aromatic carbocycles. The summed E-state index contributed by atoms with van der Waals surface area (Å²) in [6.07, 6.45) is 3.37. The summed E-state index contributed by atoms with van der Waals surface area (Å²) in [5.74, 6) is -0.142. The molecule has 1 aliphatic rings. The first kappa shape index (κ1) is 16.2. The third kappa shape index (κ3) is 3.99. The van der Waals surface area contributed by atoms with Crippen LogP contribution in [0, 0.1) is 0 Å². The van der Waals surface area contributed by atoms with Gasteiger partial charge in [-0.2, -0.15) is 16.4 Å². The summed E-state index contributed by atoms with van der Waals surface area (Å²) < 4.78 is 0. The van der Waals surface area contributed by atoms with Crippen LogP contribution in [0.1, 0.15) is 29.8 Å². The molecule has 3 N–H and O–H groups in total. The maximum absolute atomic E-state index is 12.2. The number of aromatic nitrogens is 2. The van der Waals surface area contributed by atoms with E-state index in [-0.39, 0.29) is 18.6 Å². The Hall–Kier alpha value is -1.70. The monoisotopic (exact) mass is 334 g/mol. The van der Waals surface area contributed by atoms with Gasteiger partial charge in [-0.1, -0.05) is 6.42 Å². The van der Waals surface area contributed by atoms with Crippen LogP contribution in [0.4, 0.5) is 0 Å². The second kappa shape index (κ2) is 7.72. The highest BCUT2D eigenvalue weighted by Gasteiger charge is 2.21. The number of aliphatic hydroxyl groups is 1. The number of nitrogens with zero attached hydrogens (tertiary/aromatic N) is 2. The van der Waals surface area contributed by atoms with Crippen molar-refractivity contribution in [1.29, 1.82) is 0 Å². The summed E-state index contributed by atoms with van der Waals surface area (Å²) in [5.41, 5.74) is 2.28. The van der Waals surface area contributed by atoms with E-state index in [0.717, 1.165) is 37.2 Å². The van der Waals surface area contributed by atoms with E-state index >= 15 is 0 Å². The summed E-state index contributed by atoms with van der Waals surface area (Å²) >= 11 is 1.60. The highest BCUT2D eigenvalue weighted by molar-refractivity contribution is 7.08. The zero-order chi connectivity index (χ0) is 16.1. The lowest BCUT2D eigenvalue weighted by Crippen LogP contribution is -2.45. The minimum absolute atomic E-state index is 0.142. The van der Waals surface area contributed by atoms with Crippen LogP contribution >= 0.6 is 11.3 Å². The predicted molar refractivity (Wildman–Crippen MR) is 90.5 cm³/mol. The number of hydrogen-bond acceptors (Lipinski definition) is 5. The van der Waals surface area contributed by atoms with Crippen molar-refractivity contribution in [2.45, 2.75) is 25.3 Å². The first-order valence-corrected chi connectivity index (χ1v) is 8.93. The number of carbonyl (C=O) groups excluding carboxylic acids is 1. The van der Waals surface area contributed by atoms with Gasteiger partial charge < -0.3 is 10.4 Å². The molecule has 1 atom stereocenters. The van der Waals surface area contributed by atoms with Crippen molar-refractivity contribution in [2.24, 2.45) is 0 Å². The zero-order valence-corrected chi connectivity index (χ0v) is 13.8. The smallest absolute Gasteiger partial charge is 0.269 e. The maximum atomic E-state index is 12.2. The first-order chi connectivity index (χ1) is 11.3. The Morgan fingerprint density at radius 1 is 1.52 bits per heavy atom. The van der Waals surface area contributed by atoms with E-state index in [1.54, 1.807) is 17.4 Å². The van der Waals surface area contributed by atoms with Crippen molar-refractivity contribution in [1.82, 2.24) is 20.4 Å². The Morgan fingerprint density at radius 3 is 3.22 bits per heavy atom. The molecule has 23 heavy (non-hydrogen) atoms. The topological polar surface area (TPSA) is 81.2 Å². The highest BCUT2D eigenvalue weighted by atomic mass is 32.1. The van der Waals surface area contributed by atoms with E-state index in [4.69, 9.17) is 0 Å². The lowest BCUT2D eigenvalue weighted by atomic mass is 10.0. The van der Waals surface area contributed by atoms with Gasteiger partial charge in [0.05, 0.1) is 12.3 Å². The summed E-state index contributed by atoms with van der Waals surface area (Å²) in [6, 6.07) is 3.99. The van der Waals surface area contributed by atoms with Gasteiger partial charge in [-0.3, -0.25) is 14.8 Å². The van der Waals surface area contributed by atoms with Crippen LogP contribution in [0.2, 0.25) is 0 Å². The normalized spacial score (nSPS) is 18.9. The molecular formula is C16H22N4O2S. The first-order valence-electron chi connectivity index (χ1n) is 7.99. The van der Waals surface area contributed by atoms with Gasteiger partial charge in [0.2, 0.25) is 0 Å². The SMILES string of the molecule is O=C(NCCN1CCCC[C@@H]1CO)c1cc(-c2ccsc2)n[nH]1. The van der Waals surface area contributed by atoms with Crippen LogP contribution in [0.25, 0.3) is 11.3 Å². The largest absolute Gasteiger partial charge is 0.395 e. The molecule has 1 amide bonds. The molecule has 0 saturated carbocycles. The van der Waals surface area contributed by atoms with Crippen LogP contribution in [-0.4, -0.2) is 58.4 Å². The van der Waals surface area contributed by atoms with Crippen molar-refractivity contribution >= 4 is 17.2 Å². The van der Waals surface area contributed by atoms with Gasteiger partial charge in [-0.25, -0.2) is 0 Å². The number of likely N-dealkylation sites (tertiary alicyclic amines) is 1. The molecule has 2 aromatic heterocycles. The van der Waals surface area contributed by atoms with Crippen LogP contribution in [0.3, 0.4) is 0 Å². The zero-order valence-electron chi connectivity index (χ0n) is 13.0. The number of amides is 1. The lowest BCUT2D eigenvalue weighted by Gasteiger charge is -2.34. The number of piperidine rings is 1. The molecule has 6 nitrogen and oxygen atoms in total. The molecule has 0 unspecified atom stereocenters. The summed E-state index contributed by atoms with van der Waals surface area (Å²) in [6.45, 7) is 2.52. The quantitative estimate of drug-likeness (QED) is 0.751. The van der Waals surface area contributed by atoms with Crippen molar-refractivity contribution < 1.29 is 9.90 Å². The van der Waals surface area contributed by atoms with E-state index in [1.807, 2.05) is 16.8 Å². The fourth-order valence-corrected chi connectivity index (χ4v) is 3.62. The summed E-state index contributed by atoms with van der Waals surface area (Å²) in [7, 11) is 0. The Labute approximate surface area is 139 Å². The van der Waals surface area contributed by atoms with Gasteiger partial charge in [-0.15, -0.1) is 0 Å². The van der Waals surface area contributed by atoms with E-state index in [0.29, 0.717) is 12.2 Å². The molecule has 1 fully saturated rings. The number of nitrogens with one attached hydrogen (secondary N) is 2. The van der Waals surface area contributed by atoms with Crippen LogP contribution < -0.4 is 5.32 Å². The third-order valence-corrected chi connectivity index (χ3v) is 4.97. The van der Waals surface area contributed by atoms with Gasteiger partial charge in [0.25, 0.3) is 5.91 Å². The second-order valence-corrected chi connectivity index (χ2v) is 6.58. The molecule has 0 radical (unpaired) electrons. The van der Waals surface area contributed by atoms with E-state index in [2.05, 4.69) is 20.4 Å². The molecular weight excluding hydrogens is 312 g/mol. The Balaban J connectivity index is 1.49. The number of thiophene rings is 1. The van der Waals surface area contributed by atoms with Gasteiger partial charge in [0, 0.05) is 30.1 Å². The molecule has 1 saturated heterocycles. The Bertz CT molecular complexity index is 626. The molecule has 124 valence electrons. The number of aromatic amines is 1. The Morgan fingerprint density at radius 2 is 2.43 bits per heavy atom. The minimum Gasteiger partial charge on any atom is -0.395 e. The van der Waals surface area contributed by atoms with Crippen molar-refractivity contribution in [3.05, 3.63) is 28.6 Å². The average molecular weight is 334 g/mol. The molecule has 0 spiro atoms. The third-order valence-electron chi connectivity index (χ3n) is 4.28. The Kier molecular flexibility index (Phi) is 5.43. The van der Waals surface area contributed by atoms with Crippen molar-refractivity contribution in [3.8, 4) is 11.3 Å². The van der Waals surface area contributed by atoms with Gasteiger partial charge in [0.15, 0.2) is 0 Å². The van der Waals surface area contributed by atoms with Gasteiger partial charge >= 0.3 is 0 Å². The highest BCUT2D eigenvalue weighted by Crippen LogP contribution is 2.20. The molecule has 0 bridgehead atoms. The standard InChI is InChI=1S/C16H22N4O2S/c21-10-13-3-1-2-6-20(13)7-5-17-16(22)15-9-14(18-19-15)12-4-8-23-11-12/h4,8-9,11,13,21H,1-3,5-7,10H2,(H,17,22)(H,18,19)/t13-/m1/s1. The fraction of sp³-hybridized carbons (Fsp3) is 0.500. The van der Waals surface area contributed by atoms with Crippen LogP contribution in [0.5, 0.6) is 0 Å². The number of hydrogen-bond donors (Lipinski definition) is 3. The van der Waals surface area contributed by atoms with Crippen molar-refractivity contribution in [3.63, 3.8) is 0 Å². The van der Waals surface area contributed by atoms with Crippen molar-refractivity contribution in [2.75, 3.05) is 26.2 Å². The average Bonchev–Trinajstić information content (AvgIpc) is 3.26. The predicted octanol–water partition coefficient (Wildman–Crippen LogP) is 1.71. The number of H-pyrrole nitrogens is 1. The fourth-order valence-electron chi connectivity index (χ4n) is 2.97. The number of carbonyl (C=O) groups is 1. The molecule has 0 aliphatic carbocycles. The number of rotatable bonds is 6. The number of aliphatic hydroxyl groups excluding tert-OH is 1. The van der Waals surface area contributed by atoms with E-state index in [9.17, 15) is 9.90 Å². The lowest BCUT2D eigenvalue weighted by molar-refractivity contribution is 0.0847. The maximum Gasteiger partial charge on any atom is 0.269 e. The summed E-state index contributed by atoms with van der Waals surface area (Å²) in [4.78, 5) is 14.4. The molecule has 7 heteroatoms. The van der Waals surface area contributed by atoms with E-state index in [1.165, 1.54) is 6.42 Å². The van der Waals surface area contributed by atoms with Crippen LogP contribution in [0.15, 0.2) is 22.9 Å². The van der Waals surface area contributed by atoms with Gasteiger partial charge in [-0.05, 0) is 36.9 Å². The van der Waals surface area contributed by atoms with Gasteiger partial charge in [0.1, 0.15) is 5.69 Å². The molecule has 3 rings (SSSR count). The molecule has 2 aromatic rings. The minimum atomic E-state index is -0.142. The van der Waals surface area contributed by atoms with Crippen LogP contribution in [-0.2, 0) is 0 Å².